The summed E-state index contributed by atoms with van der Waals surface area (Å²) in [4.78, 5) is 8.72. The maximum absolute atomic E-state index is 5.95. The van der Waals surface area contributed by atoms with Crippen LogP contribution < -0.4 is 11.1 Å². The van der Waals surface area contributed by atoms with Gasteiger partial charge < -0.3 is 15.6 Å². The lowest BCUT2D eigenvalue weighted by atomic mass is 10.1. The van der Waals surface area contributed by atoms with Crippen molar-refractivity contribution in [3.8, 4) is 0 Å². The van der Waals surface area contributed by atoms with Crippen LogP contribution in [0.5, 0.6) is 0 Å². The number of hydrogen-bond acceptors (Lipinski definition) is 2. The lowest BCUT2D eigenvalue weighted by Crippen LogP contribution is -2.23. The van der Waals surface area contributed by atoms with Gasteiger partial charge in [0.05, 0.1) is 0 Å². The molecule has 0 unspecified atom stereocenters. The van der Waals surface area contributed by atoms with Crippen LogP contribution in [0.15, 0.2) is 41.7 Å². The number of nitrogens with two attached hydrogens (primary N) is 1. The smallest absolute Gasteiger partial charge is 0.193 e. The monoisotopic (exact) mass is 299 g/mol. The van der Waals surface area contributed by atoms with Crippen LogP contribution in [0.2, 0.25) is 0 Å². The lowest BCUT2D eigenvalue weighted by Gasteiger charge is -2.10. The van der Waals surface area contributed by atoms with E-state index in [0.717, 1.165) is 24.5 Å². The standard InChI is InChI=1S/C17H25N5/c1-4-14-5-7-15(8-6-14)21-17(18)20-11-16-19-9-10-22(16)12-13(2)3/h5-10,13H,4,11-12H2,1-3H3,(H3,18,20,21). The molecule has 0 spiro atoms. The van der Waals surface area contributed by atoms with Crippen LogP contribution in [-0.4, -0.2) is 15.5 Å². The molecule has 0 radical (unpaired) electrons. The number of hydrogen-bond donors (Lipinski definition) is 2. The highest BCUT2D eigenvalue weighted by molar-refractivity contribution is 5.92. The molecule has 0 amide bonds. The highest BCUT2D eigenvalue weighted by Crippen LogP contribution is 2.10. The average molecular weight is 299 g/mol. The Labute approximate surface area is 132 Å². The van der Waals surface area contributed by atoms with Crippen LogP contribution in [0.3, 0.4) is 0 Å². The maximum Gasteiger partial charge on any atom is 0.193 e. The summed E-state index contributed by atoms with van der Waals surface area (Å²) in [5.74, 6) is 1.91. The predicted molar refractivity (Wildman–Crippen MR) is 91.8 cm³/mol. The quantitative estimate of drug-likeness (QED) is 0.636. The maximum atomic E-state index is 5.95. The first-order valence-corrected chi connectivity index (χ1v) is 7.74. The van der Waals surface area contributed by atoms with Crippen LogP contribution >= 0.6 is 0 Å². The topological polar surface area (TPSA) is 68.2 Å². The van der Waals surface area contributed by atoms with Crippen molar-refractivity contribution in [1.29, 1.82) is 0 Å². The van der Waals surface area contributed by atoms with E-state index < -0.39 is 0 Å². The molecule has 0 aliphatic carbocycles. The van der Waals surface area contributed by atoms with E-state index in [1.165, 1.54) is 5.56 Å². The van der Waals surface area contributed by atoms with Gasteiger partial charge in [-0.05, 0) is 30.0 Å². The number of nitrogens with zero attached hydrogens (tertiary/aromatic N) is 3. The second-order valence-electron chi connectivity index (χ2n) is 5.77. The Bertz CT molecular complexity index is 610. The Balaban J connectivity index is 1.96. The summed E-state index contributed by atoms with van der Waals surface area (Å²) >= 11 is 0. The molecule has 5 nitrogen and oxygen atoms in total. The van der Waals surface area contributed by atoms with Gasteiger partial charge >= 0.3 is 0 Å². The van der Waals surface area contributed by atoms with Crippen LogP contribution in [0.25, 0.3) is 0 Å². The van der Waals surface area contributed by atoms with Crippen LogP contribution in [0.1, 0.15) is 32.2 Å². The van der Waals surface area contributed by atoms with Crippen LogP contribution in [-0.2, 0) is 19.5 Å². The van der Waals surface area contributed by atoms with Gasteiger partial charge in [-0.25, -0.2) is 9.98 Å². The van der Waals surface area contributed by atoms with Gasteiger partial charge in [-0.15, -0.1) is 0 Å². The van der Waals surface area contributed by atoms with E-state index >= 15 is 0 Å². The molecule has 0 atom stereocenters. The number of aryl methyl sites for hydroxylation is 1. The fourth-order valence-corrected chi connectivity index (χ4v) is 2.22. The molecule has 0 saturated heterocycles. The van der Waals surface area contributed by atoms with Crippen LogP contribution in [0, 0.1) is 5.92 Å². The molecule has 22 heavy (non-hydrogen) atoms. The van der Waals surface area contributed by atoms with E-state index in [1.54, 1.807) is 6.20 Å². The molecule has 2 aromatic rings. The number of rotatable bonds is 6. The van der Waals surface area contributed by atoms with Crippen molar-refractivity contribution in [2.45, 2.75) is 40.3 Å². The summed E-state index contributed by atoms with van der Waals surface area (Å²) in [7, 11) is 0. The minimum Gasteiger partial charge on any atom is -0.370 e. The SMILES string of the molecule is CCc1ccc(NC(N)=NCc2nccn2CC(C)C)cc1. The van der Waals surface area contributed by atoms with Gasteiger partial charge in [0.25, 0.3) is 0 Å². The third-order valence-electron chi connectivity index (χ3n) is 3.39. The minimum atomic E-state index is 0.406. The molecule has 0 saturated carbocycles. The molecule has 0 aliphatic rings. The van der Waals surface area contributed by atoms with E-state index in [2.05, 4.69) is 52.8 Å². The molecule has 0 aliphatic heterocycles. The molecule has 5 heteroatoms. The summed E-state index contributed by atoms with van der Waals surface area (Å²) in [6.07, 6.45) is 4.82. The summed E-state index contributed by atoms with van der Waals surface area (Å²) in [5.41, 5.74) is 8.20. The molecule has 1 aromatic carbocycles. The second kappa shape index (κ2) is 7.64. The first-order valence-electron chi connectivity index (χ1n) is 7.74. The summed E-state index contributed by atoms with van der Waals surface area (Å²) in [6.45, 7) is 7.92. The van der Waals surface area contributed by atoms with Gasteiger partial charge in [-0.1, -0.05) is 32.9 Å². The zero-order valence-corrected chi connectivity index (χ0v) is 13.6. The molecule has 0 bridgehead atoms. The molecule has 0 fully saturated rings. The molecule has 118 valence electrons. The first-order chi connectivity index (χ1) is 10.6. The van der Waals surface area contributed by atoms with Crippen LogP contribution in [0.4, 0.5) is 5.69 Å². The molecular weight excluding hydrogens is 274 g/mol. The van der Waals surface area contributed by atoms with Gasteiger partial charge in [0, 0.05) is 24.6 Å². The zero-order valence-electron chi connectivity index (χ0n) is 13.6. The Morgan fingerprint density at radius 1 is 1.32 bits per heavy atom. The number of aromatic nitrogens is 2. The molecule has 1 aromatic heterocycles. The van der Waals surface area contributed by atoms with Crippen molar-refractivity contribution in [1.82, 2.24) is 9.55 Å². The third kappa shape index (κ3) is 4.62. The largest absolute Gasteiger partial charge is 0.370 e. The zero-order chi connectivity index (χ0) is 15.9. The van der Waals surface area contributed by atoms with Crippen molar-refractivity contribution in [3.63, 3.8) is 0 Å². The van der Waals surface area contributed by atoms with Gasteiger partial charge in [-0.2, -0.15) is 0 Å². The summed E-state index contributed by atoms with van der Waals surface area (Å²) < 4.78 is 2.12. The first kappa shape index (κ1) is 16.1. The van der Waals surface area contributed by atoms with E-state index in [0.29, 0.717) is 18.4 Å². The summed E-state index contributed by atoms with van der Waals surface area (Å²) in [6, 6.07) is 8.21. The van der Waals surface area contributed by atoms with E-state index in [4.69, 9.17) is 5.73 Å². The van der Waals surface area contributed by atoms with Crippen molar-refractivity contribution in [2.24, 2.45) is 16.6 Å². The number of imidazole rings is 1. The van der Waals surface area contributed by atoms with Gasteiger partial charge in [0.2, 0.25) is 0 Å². The van der Waals surface area contributed by atoms with Gasteiger partial charge in [0.1, 0.15) is 12.4 Å². The van der Waals surface area contributed by atoms with E-state index in [1.807, 2.05) is 18.3 Å². The van der Waals surface area contributed by atoms with Crippen molar-refractivity contribution < 1.29 is 0 Å². The highest BCUT2D eigenvalue weighted by Gasteiger charge is 2.04. The fraction of sp³-hybridized carbons (Fsp3) is 0.412. The normalized spacial score (nSPS) is 11.9. The van der Waals surface area contributed by atoms with Crippen molar-refractivity contribution >= 4 is 11.6 Å². The van der Waals surface area contributed by atoms with E-state index in [9.17, 15) is 0 Å². The Morgan fingerprint density at radius 3 is 2.68 bits per heavy atom. The van der Waals surface area contributed by atoms with Gasteiger partial charge in [0.15, 0.2) is 5.96 Å². The predicted octanol–water partition coefficient (Wildman–Crippen LogP) is 3.03. The number of benzene rings is 1. The molecular formula is C17H25N5. The Hall–Kier alpha value is -2.30. The Morgan fingerprint density at radius 2 is 2.05 bits per heavy atom. The third-order valence-corrected chi connectivity index (χ3v) is 3.39. The summed E-state index contributed by atoms with van der Waals surface area (Å²) in [5, 5.41) is 3.11. The number of aliphatic imine (C=N–C) groups is 1. The fourth-order valence-electron chi connectivity index (χ4n) is 2.22. The number of anilines is 1. The average Bonchev–Trinajstić information content (AvgIpc) is 2.92. The number of guanidine groups is 1. The van der Waals surface area contributed by atoms with Crippen molar-refractivity contribution in [3.05, 3.63) is 48.0 Å². The minimum absolute atomic E-state index is 0.406. The Kier molecular flexibility index (Phi) is 5.58. The second-order valence-corrected chi connectivity index (χ2v) is 5.77. The highest BCUT2D eigenvalue weighted by atomic mass is 15.1. The molecule has 1 heterocycles. The van der Waals surface area contributed by atoms with Gasteiger partial charge in [-0.3, -0.25) is 0 Å². The van der Waals surface area contributed by atoms with E-state index in [-0.39, 0.29) is 0 Å². The molecule has 3 N–H and O–H groups in total. The van der Waals surface area contributed by atoms with Crippen molar-refractivity contribution in [2.75, 3.05) is 5.32 Å². The lowest BCUT2D eigenvalue weighted by molar-refractivity contribution is 0.507. The molecule has 2 rings (SSSR count). The number of nitrogens with one attached hydrogen (secondary N) is 1.